The second-order valence-electron chi connectivity index (χ2n) is 6.46. The van der Waals surface area contributed by atoms with Crippen LogP contribution in [0.2, 0.25) is 0 Å². The van der Waals surface area contributed by atoms with Crippen LogP contribution in [0.5, 0.6) is 0 Å². The molecular weight excluding hydrogens is 368 g/mol. The summed E-state index contributed by atoms with van der Waals surface area (Å²) >= 11 is 0. The summed E-state index contributed by atoms with van der Waals surface area (Å²) in [6.07, 6.45) is 1.17. The lowest BCUT2D eigenvalue weighted by Gasteiger charge is -2.20. The highest BCUT2D eigenvalue weighted by molar-refractivity contribution is 8.76. The number of amides is 1. The fourth-order valence-corrected chi connectivity index (χ4v) is 4.31. The lowest BCUT2D eigenvalue weighted by atomic mass is 10.2. The van der Waals surface area contributed by atoms with Crippen LogP contribution in [0.15, 0.2) is 0 Å². The van der Waals surface area contributed by atoms with Gasteiger partial charge in [0.05, 0.1) is 19.8 Å². The standard InChI is InChI=1S/C19H36N2O3S2/c1-6-9-20-11-14-25-26-19(17(4)5)24-13-12-23-15-18(22)21-10-7-8-16(2)3/h16-17,19-20H,6,9-15H2,1-5H3,(H,21,22). The van der Waals surface area contributed by atoms with Gasteiger partial charge in [0.1, 0.15) is 12.0 Å². The molecule has 7 heteroatoms. The van der Waals surface area contributed by atoms with Crippen LogP contribution >= 0.6 is 21.6 Å². The zero-order valence-electron chi connectivity index (χ0n) is 16.9. The van der Waals surface area contributed by atoms with Gasteiger partial charge in [-0.1, -0.05) is 68.0 Å². The van der Waals surface area contributed by atoms with E-state index in [0.29, 0.717) is 31.6 Å². The highest BCUT2D eigenvalue weighted by Gasteiger charge is 2.14. The van der Waals surface area contributed by atoms with Crippen molar-refractivity contribution in [3.63, 3.8) is 0 Å². The average Bonchev–Trinajstić information content (AvgIpc) is 2.59. The lowest BCUT2D eigenvalue weighted by molar-refractivity contribution is -0.126. The van der Waals surface area contributed by atoms with Crippen molar-refractivity contribution in [1.82, 2.24) is 10.6 Å². The van der Waals surface area contributed by atoms with E-state index >= 15 is 0 Å². The maximum absolute atomic E-state index is 11.6. The summed E-state index contributed by atoms with van der Waals surface area (Å²) in [7, 11) is 3.61. The first kappa shape index (κ1) is 25.6. The molecule has 1 unspecified atom stereocenters. The molecule has 0 aromatic rings. The second kappa shape index (κ2) is 18.0. The van der Waals surface area contributed by atoms with Gasteiger partial charge < -0.3 is 20.1 Å². The predicted molar refractivity (Wildman–Crippen MR) is 114 cm³/mol. The largest absolute Gasteiger partial charge is 0.369 e. The molecule has 5 nitrogen and oxygen atoms in total. The number of ether oxygens (including phenoxy) is 2. The molecule has 0 aliphatic heterocycles. The van der Waals surface area contributed by atoms with Crippen molar-refractivity contribution in [2.24, 2.45) is 11.8 Å². The van der Waals surface area contributed by atoms with Crippen LogP contribution in [0.25, 0.3) is 0 Å². The van der Waals surface area contributed by atoms with E-state index in [1.165, 1.54) is 6.42 Å². The average molecular weight is 405 g/mol. The molecule has 152 valence electrons. The van der Waals surface area contributed by atoms with E-state index in [-0.39, 0.29) is 18.0 Å². The van der Waals surface area contributed by atoms with E-state index in [4.69, 9.17) is 9.47 Å². The van der Waals surface area contributed by atoms with Crippen molar-refractivity contribution in [2.45, 2.75) is 46.5 Å². The van der Waals surface area contributed by atoms with E-state index in [0.717, 1.165) is 18.8 Å². The van der Waals surface area contributed by atoms with E-state index in [9.17, 15) is 4.79 Å². The van der Waals surface area contributed by atoms with Crippen molar-refractivity contribution in [3.8, 4) is 11.8 Å². The second-order valence-corrected chi connectivity index (χ2v) is 9.04. The molecular formula is C19H36N2O3S2. The fourth-order valence-electron chi connectivity index (χ4n) is 1.70. The van der Waals surface area contributed by atoms with E-state index in [1.807, 2.05) is 24.6 Å². The Morgan fingerprint density at radius 3 is 2.58 bits per heavy atom. The molecule has 0 saturated carbocycles. The maximum atomic E-state index is 11.6. The minimum atomic E-state index is -0.145. The lowest BCUT2D eigenvalue weighted by Crippen LogP contribution is -2.28. The smallest absolute Gasteiger partial charge is 0.246 e. The minimum absolute atomic E-state index is 0.0457. The van der Waals surface area contributed by atoms with Crippen molar-refractivity contribution >= 4 is 27.5 Å². The predicted octanol–water partition coefficient (Wildman–Crippen LogP) is 3.16. The Balaban J connectivity index is 3.70. The first-order valence-electron chi connectivity index (χ1n) is 9.40. The Hall–Kier alpha value is -0.390. The first-order chi connectivity index (χ1) is 12.5. The van der Waals surface area contributed by atoms with Gasteiger partial charge in [-0.3, -0.25) is 4.79 Å². The molecule has 0 spiro atoms. The van der Waals surface area contributed by atoms with Crippen LogP contribution in [0.1, 0.15) is 41.0 Å². The number of carbonyl (C=O) groups is 1. The highest BCUT2D eigenvalue weighted by Crippen LogP contribution is 2.31. The van der Waals surface area contributed by atoms with Crippen LogP contribution in [0.3, 0.4) is 0 Å². The van der Waals surface area contributed by atoms with Gasteiger partial charge in [0.25, 0.3) is 0 Å². The van der Waals surface area contributed by atoms with Crippen LogP contribution < -0.4 is 10.6 Å². The van der Waals surface area contributed by atoms with E-state index < -0.39 is 0 Å². The Bertz CT molecular complexity index is 409. The number of carbonyl (C=O) groups excluding carboxylic acids is 1. The summed E-state index contributed by atoms with van der Waals surface area (Å²) in [4.78, 5) is 11.6. The molecule has 0 rings (SSSR count). The summed E-state index contributed by atoms with van der Waals surface area (Å²) in [6.45, 7) is 13.9. The molecule has 1 atom stereocenters. The quantitative estimate of drug-likeness (QED) is 0.189. The molecule has 0 aliphatic carbocycles. The van der Waals surface area contributed by atoms with Gasteiger partial charge >= 0.3 is 0 Å². The summed E-state index contributed by atoms with van der Waals surface area (Å²) in [5, 5.41) is 6.10. The van der Waals surface area contributed by atoms with Crippen molar-refractivity contribution in [3.05, 3.63) is 0 Å². The third-order valence-corrected chi connectivity index (χ3v) is 5.86. The Morgan fingerprint density at radius 1 is 1.15 bits per heavy atom. The minimum Gasteiger partial charge on any atom is -0.369 e. The topological polar surface area (TPSA) is 59.6 Å². The molecule has 0 radical (unpaired) electrons. The Kier molecular flexibility index (Phi) is 17.7. The molecule has 0 aromatic heterocycles. The number of hydrogen-bond donors (Lipinski definition) is 2. The molecule has 0 saturated heterocycles. The van der Waals surface area contributed by atoms with Crippen molar-refractivity contribution in [1.29, 1.82) is 0 Å². The summed E-state index contributed by atoms with van der Waals surface area (Å²) in [6, 6.07) is 0. The SMILES string of the molecule is CCCNCCSSC(OCCOCC(=O)NCC#CC(C)C)C(C)C. The van der Waals surface area contributed by atoms with E-state index in [2.05, 4.69) is 43.2 Å². The van der Waals surface area contributed by atoms with Crippen LogP contribution in [-0.2, 0) is 14.3 Å². The zero-order chi connectivity index (χ0) is 19.6. The Labute approximate surface area is 167 Å². The zero-order valence-corrected chi connectivity index (χ0v) is 18.6. The van der Waals surface area contributed by atoms with Gasteiger partial charge in [-0.25, -0.2) is 0 Å². The van der Waals surface area contributed by atoms with Gasteiger partial charge in [0, 0.05) is 18.2 Å². The molecule has 0 bridgehead atoms. The number of rotatable bonds is 15. The Morgan fingerprint density at radius 2 is 1.92 bits per heavy atom. The molecule has 0 aromatic carbocycles. The van der Waals surface area contributed by atoms with Gasteiger partial charge in [-0.2, -0.15) is 0 Å². The number of hydrogen-bond acceptors (Lipinski definition) is 6. The van der Waals surface area contributed by atoms with Gasteiger partial charge in [0.15, 0.2) is 0 Å². The van der Waals surface area contributed by atoms with Crippen LogP contribution in [0.4, 0.5) is 0 Å². The third-order valence-electron chi connectivity index (χ3n) is 3.00. The fraction of sp³-hybridized carbons (Fsp3) is 0.842. The maximum Gasteiger partial charge on any atom is 0.246 e. The number of nitrogens with one attached hydrogen (secondary N) is 2. The van der Waals surface area contributed by atoms with Gasteiger partial charge in [0.2, 0.25) is 5.91 Å². The van der Waals surface area contributed by atoms with Crippen molar-refractivity contribution < 1.29 is 14.3 Å². The monoisotopic (exact) mass is 404 g/mol. The highest BCUT2D eigenvalue weighted by atomic mass is 33.1. The summed E-state index contributed by atoms with van der Waals surface area (Å²) in [5.41, 5.74) is 0.134. The van der Waals surface area contributed by atoms with Gasteiger partial charge in [-0.15, -0.1) is 0 Å². The van der Waals surface area contributed by atoms with Crippen molar-refractivity contribution in [2.75, 3.05) is 45.2 Å². The molecule has 0 fully saturated rings. The first-order valence-corrected chi connectivity index (χ1v) is 11.8. The molecule has 26 heavy (non-hydrogen) atoms. The molecule has 1 amide bonds. The van der Waals surface area contributed by atoms with Gasteiger partial charge in [-0.05, 0) is 18.9 Å². The third kappa shape index (κ3) is 17.0. The summed E-state index contributed by atoms with van der Waals surface area (Å²) in [5.74, 6) is 7.57. The summed E-state index contributed by atoms with van der Waals surface area (Å²) < 4.78 is 11.2. The molecule has 0 heterocycles. The van der Waals surface area contributed by atoms with Crippen LogP contribution in [0, 0.1) is 23.7 Å². The normalized spacial score (nSPS) is 12.1. The molecule has 0 aliphatic rings. The molecule has 2 N–H and O–H groups in total. The van der Waals surface area contributed by atoms with Crippen LogP contribution in [-0.4, -0.2) is 56.6 Å². The van der Waals surface area contributed by atoms with E-state index in [1.54, 1.807) is 10.8 Å².